The van der Waals surface area contributed by atoms with Gasteiger partial charge in [0.2, 0.25) is 0 Å². The number of para-hydroxylation sites is 2. The van der Waals surface area contributed by atoms with Gasteiger partial charge >= 0.3 is 0 Å². The van der Waals surface area contributed by atoms with E-state index in [0.717, 1.165) is 21.9 Å². The molecule has 0 saturated heterocycles. The van der Waals surface area contributed by atoms with E-state index in [2.05, 4.69) is 10.4 Å². The fourth-order valence-corrected chi connectivity index (χ4v) is 3.44. The minimum atomic E-state index is -0.621. The van der Waals surface area contributed by atoms with Gasteiger partial charge in [-0.1, -0.05) is 72.8 Å². The number of nitrogens with zero attached hydrogens (tertiary/aromatic N) is 2. The average Bonchev–Trinajstić information content (AvgIpc) is 2.83. The Bertz CT molecular complexity index is 1250. The summed E-state index contributed by atoms with van der Waals surface area (Å²) in [4.78, 5) is 25.7. The van der Waals surface area contributed by atoms with Crippen LogP contribution in [0.1, 0.15) is 27.7 Å². The highest BCUT2D eigenvalue weighted by atomic mass is 16.5. The van der Waals surface area contributed by atoms with Crippen LogP contribution in [0, 0.1) is 0 Å². The van der Waals surface area contributed by atoms with Gasteiger partial charge < -0.3 is 15.2 Å². The summed E-state index contributed by atoms with van der Waals surface area (Å²) in [6, 6.07) is 26.2. The fourth-order valence-electron chi connectivity index (χ4n) is 3.44. The number of carbonyl (C=O) groups is 1. The highest BCUT2D eigenvalue weighted by Crippen LogP contribution is 2.24. The van der Waals surface area contributed by atoms with Crippen LogP contribution in [0.15, 0.2) is 95.8 Å². The number of amides is 1. The zero-order chi connectivity index (χ0) is 22.5. The van der Waals surface area contributed by atoms with Crippen molar-refractivity contribution in [2.24, 2.45) is 0 Å². The Morgan fingerprint density at radius 3 is 2.09 bits per heavy atom. The summed E-state index contributed by atoms with van der Waals surface area (Å²) >= 11 is 0. The van der Waals surface area contributed by atoms with Crippen LogP contribution < -0.4 is 15.6 Å². The lowest BCUT2D eigenvalue weighted by atomic mass is 9.98. The molecule has 7 heteroatoms. The van der Waals surface area contributed by atoms with E-state index in [9.17, 15) is 14.7 Å². The predicted molar refractivity (Wildman–Crippen MR) is 120 cm³/mol. The van der Waals surface area contributed by atoms with Gasteiger partial charge in [0, 0.05) is 6.07 Å². The summed E-state index contributed by atoms with van der Waals surface area (Å²) in [6.07, 6.45) is 0. The monoisotopic (exact) mass is 427 g/mol. The van der Waals surface area contributed by atoms with Gasteiger partial charge in [0.05, 0.1) is 13.2 Å². The molecule has 0 fully saturated rings. The summed E-state index contributed by atoms with van der Waals surface area (Å²) in [5, 5.41) is 17.4. The lowest BCUT2D eigenvalue weighted by Crippen LogP contribution is -2.32. The van der Waals surface area contributed by atoms with Crippen molar-refractivity contribution in [1.29, 1.82) is 0 Å². The van der Waals surface area contributed by atoms with E-state index >= 15 is 0 Å². The van der Waals surface area contributed by atoms with Gasteiger partial charge in [-0.25, -0.2) is 0 Å². The zero-order valence-corrected chi connectivity index (χ0v) is 17.3. The van der Waals surface area contributed by atoms with Crippen molar-refractivity contribution >= 4 is 5.91 Å². The number of methoxy groups -OCH3 is 1. The molecule has 0 bridgehead atoms. The van der Waals surface area contributed by atoms with Crippen LogP contribution in [-0.2, 0) is 0 Å². The lowest BCUT2D eigenvalue weighted by Gasteiger charge is -2.20. The molecule has 160 valence electrons. The number of benzene rings is 3. The van der Waals surface area contributed by atoms with Crippen LogP contribution in [0.25, 0.3) is 5.69 Å². The molecule has 0 aliphatic carbocycles. The van der Waals surface area contributed by atoms with E-state index in [1.54, 1.807) is 24.3 Å². The first-order valence-electron chi connectivity index (χ1n) is 9.96. The Morgan fingerprint density at radius 2 is 1.50 bits per heavy atom. The molecule has 0 unspecified atom stereocenters. The quantitative estimate of drug-likeness (QED) is 0.492. The normalized spacial score (nSPS) is 10.7. The van der Waals surface area contributed by atoms with Crippen molar-refractivity contribution in [2.45, 2.75) is 6.04 Å². The maximum Gasteiger partial charge on any atom is 0.276 e. The smallest absolute Gasteiger partial charge is 0.276 e. The second kappa shape index (κ2) is 9.18. The van der Waals surface area contributed by atoms with Gasteiger partial charge in [0.15, 0.2) is 11.4 Å². The van der Waals surface area contributed by atoms with E-state index < -0.39 is 23.3 Å². The molecule has 0 spiro atoms. The first-order valence-corrected chi connectivity index (χ1v) is 9.96. The van der Waals surface area contributed by atoms with E-state index in [1.165, 1.54) is 7.11 Å². The van der Waals surface area contributed by atoms with Crippen LogP contribution >= 0.6 is 0 Å². The number of ether oxygens (including phenoxy) is 1. The molecule has 3 aromatic carbocycles. The second-order valence-corrected chi connectivity index (χ2v) is 7.03. The molecule has 7 nitrogen and oxygen atoms in total. The number of aromatic hydroxyl groups is 1. The van der Waals surface area contributed by atoms with Crippen LogP contribution in [0.4, 0.5) is 0 Å². The highest BCUT2D eigenvalue weighted by molar-refractivity contribution is 5.95. The number of carbonyl (C=O) groups excluding carboxylic acids is 1. The zero-order valence-electron chi connectivity index (χ0n) is 17.3. The Morgan fingerprint density at radius 1 is 0.938 bits per heavy atom. The fraction of sp³-hybridized carbons (Fsp3) is 0.0800. The molecule has 32 heavy (non-hydrogen) atoms. The standard InChI is InChI=1S/C25H21N3O4/c1-32-21-15-9-8-14-19(21)28-22(30)16-20(29)24(27-28)25(31)26-23(17-10-4-2-5-11-17)18-12-6-3-7-13-18/h2-16,23,29H,1H3,(H,26,31). The molecule has 0 atom stereocenters. The van der Waals surface area contributed by atoms with Crippen LogP contribution in [0.3, 0.4) is 0 Å². The summed E-state index contributed by atoms with van der Waals surface area (Å²) in [5.74, 6) is -0.715. The van der Waals surface area contributed by atoms with Crippen LogP contribution in [0.5, 0.6) is 11.5 Å². The van der Waals surface area contributed by atoms with E-state index in [1.807, 2.05) is 60.7 Å². The van der Waals surface area contributed by atoms with E-state index in [0.29, 0.717) is 11.4 Å². The van der Waals surface area contributed by atoms with Gasteiger partial charge in [-0.15, -0.1) is 0 Å². The van der Waals surface area contributed by atoms with Gasteiger partial charge in [0.25, 0.3) is 11.5 Å². The Kier molecular flexibility index (Phi) is 5.98. The first kappa shape index (κ1) is 20.9. The Labute approximate surface area is 184 Å². The molecular weight excluding hydrogens is 406 g/mol. The van der Waals surface area contributed by atoms with Gasteiger partial charge in [-0.05, 0) is 23.3 Å². The van der Waals surface area contributed by atoms with Crippen molar-refractivity contribution < 1.29 is 14.6 Å². The number of aromatic nitrogens is 2. The summed E-state index contributed by atoms with van der Waals surface area (Å²) in [6.45, 7) is 0. The van der Waals surface area contributed by atoms with Crippen molar-refractivity contribution in [2.75, 3.05) is 7.11 Å². The third-order valence-corrected chi connectivity index (χ3v) is 4.98. The maximum atomic E-state index is 13.2. The molecule has 1 aromatic heterocycles. The lowest BCUT2D eigenvalue weighted by molar-refractivity contribution is 0.0933. The number of nitrogens with one attached hydrogen (secondary N) is 1. The topological polar surface area (TPSA) is 93.5 Å². The average molecular weight is 427 g/mol. The first-order chi connectivity index (χ1) is 15.6. The molecule has 1 amide bonds. The Hall–Kier alpha value is -4.39. The Balaban J connectivity index is 1.74. The third-order valence-electron chi connectivity index (χ3n) is 4.98. The van der Waals surface area contributed by atoms with Gasteiger partial charge in [-0.3, -0.25) is 9.59 Å². The molecule has 0 aliphatic rings. The molecule has 4 aromatic rings. The molecule has 4 rings (SSSR count). The third kappa shape index (κ3) is 4.22. The maximum absolute atomic E-state index is 13.2. The summed E-state index contributed by atoms with van der Waals surface area (Å²) in [7, 11) is 1.47. The summed E-state index contributed by atoms with van der Waals surface area (Å²) < 4.78 is 6.34. The van der Waals surface area contributed by atoms with Crippen molar-refractivity contribution in [3.63, 3.8) is 0 Å². The van der Waals surface area contributed by atoms with Crippen LogP contribution in [0.2, 0.25) is 0 Å². The molecule has 0 aliphatic heterocycles. The SMILES string of the molecule is COc1ccccc1-n1nc(C(=O)NC(c2ccccc2)c2ccccc2)c(O)cc1=O. The van der Waals surface area contributed by atoms with Crippen LogP contribution in [-0.4, -0.2) is 27.9 Å². The number of hydrogen-bond acceptors (Lipinski definition) is 5. The predicted octanol–water partition coefficient (Wildman–Crippen LogP) is 3.47. The molecular formula is C25H21N3O4. The highest BCUT2D eigenvalue weighted by Gasteiger charge is 2.23. The minimum absolute atomic E-state index is 0.271. The minimum Gasteiger partial charge on any atom is -0.505 e. The van der Waals surface area contributed by atoms with E-state index in [4.69, 9.17) is 4.74 Å². The van der Waals surface area contributed by atoms with Crippen molar-refractivity contribution in [3.05, 3.63) is 118 Å². The second-order valence-electron chi connectivity index (χ2n) is 7.03. The van der Waals surface area contributed by atoms with E-state index in [-0.39, 0.29) is 5.69 Å². The van der Waals surface area contributed by atoms with Gasteiger partial charge in [0.1, 0.15) is 11.4 Å². The van der Waals surface area contributed by atoms with Crippen molar-refractivity contribution in [1.82, 2.24) is 15.1 Å². The molecule has 0 radical (unpaired) electrons. The molecule has 1 heterocycles. The van der Waals surface area contributed by atoms with Crippen molar-refractivity contribution in [3.8, 4) is 17.2 Å². The number of rotatable bonds is 6. The molecule has 2 N–H and O–H groups in total. The molecule has 0 saturated carbocycles. The largest absolute Gasteiger partial charge is 0.505 e. The van der Waals surface area contributed by atoms with Gasteiger partial charge in [-0.2, -0.15) is 9.78 Å². The summed E-state index contributed by atoms with van der Waals surface area (Å²) in [5.41, 5.74) is 1.23. The number of hydrogen-bond donors (Lipinski definition) is 2.